The van der Waals surface area contributed by atoms with Crippen LogP contribution in [0.1, 0.15) is 91.4 Å². The second kappa shape index (κ2) is 13.1. The third-order valence-electron chi connectivity index (χ3n) is 3.27. The summed E-state index contributed by atoms with van der Waals surface area (Å²) in [4.78, 5) is 0. The molecule has 0 saturated heterocycles. The van der Waals surface area contributed by atoms with Crippen LogP contribution < -0.4 is 0 Å². The minimum atomic E-state index is 0.898. The van der Waals surface area contributed by atoms with Crippen molar-refractivity contribution < 1.29 is 0 Å². The first-order valence-electron chi connectivity index (χ1n) is 7.55. The molecule has 0 aliphatic carbocycles. The third-order valence-corrected chi connectivity index (χ3v) is 3.27. The van der Waals surface area contributed by atoms with Crippen LogP contribution in [0, 0.1) is 12.3 Å². The van der Waals surface area contributed by atoms with Gasteiger partial charge in [0.2, 0.25) is 0 Å². The van der Waals surface area contributed by atoms with Crippen molar-refractivity contribution in [1.29, 1.82) is 0 Å². The number of rotatable bonds is 12. The summed E-state index contributed by atoms with van der Waals surface area (Å²) in [6, 6.07) is 0. The van der Waals surface area contributed by atoms with Crippen molar-refractivity contribution in [1.82, 2.24) is 0 Å². The molecular formula is C16H33. The fraction of sp³-hybridized carbons (Fsp3) is 0.938. The molecule has 0 aromatic carbocycles. The zero-order chi connectivity index (χ0) is 12.1. The lowest BCUT2D eigenvalue weighted by molar-refractivity contribution is 0.506. The molecule has 0 saturated carbocycles. The van der Waals surface area contributed by atoms with Crippen LogP contribution in [-0.4, -0.2) is 0 Å². The largest absolute Gasteiger partial charge is 0.0628 e. The van der Waals surface area contributed by atoms with Crippen molar-refractivity contribution in [2.75, 3.05) is 0 Å². The van der Waals surface area contributed by atoms with Gasteiger partial charge in [-0.1, -0.05) is 91.4 Å². The first kappa shape index (κ1) is 16.0. The van der Waals surface area contributed by atoms with Gasteiger partial charge in [-0.25, -0.2) is 0 Å². The minimum absolute atomic E-state index is 0.898. The molecule has 16 heavy (non-hydrogen) atoms. The standard InChI is InChI=1S/C16H33/c1-4-5-6-7-8-9-10-11-12-13-14-15-16(2)3/h4,16H,5-15H2,1-3H3. The molecule has 0 atom stereocenters. The topological polar surface area (TPSA) is 0 Å². The van der Waals surface area contributed by atoms with Crippen LogP contribution in [0.25, 0.3) is 0 Å². The molecule has 0 nitrogen and oxygen atoms in total. The van der Waals surface area contributed by atoms with Crippen molar-refractivity contribution in [3.05, 3.63) is 6.42 Å². The van der Waals surface area contributed by atoms with Gasteiger partial charge >= 0.3 is 0 Å². The Bertz CT molecular complexity index is 115. The molecule has 0 N–H and O–H groups in total. The van der Waals surface area contributed by atoms with Gasteiger partial charge in [0, 0.05) is 0 Å². The Kier molecular flexibility index (Phi) is 13.1. The molecule has 0 amide bonds. The maximum Gasteiger partial charge on any atom is -0.0417 e. The van der Waals surface area contributed by atoms with Crippen LogP contribution in [0.15, 0.2) is 0 Å². The second-order valence-corrected chi connectivity index (χ2v) is 5.56. The highest BCUT2D eigenvalue weighted by Crippen LogP contribution is 2.13. The van der Waals surface area contributed by atoms with Crippen LogP contribution >= 0.6 is 0 Å². The van der Waals surface area contributed by atoms with Crippen molar-refractivity contribution >= 4 is 0 Å². The van der Waals surface area contributed by atoms with E-state index in [1.165, 1.54) is 70.6 Å². The Labute approximate surface area is 104 Å². The van der Waals surface area contributed by atoms with E-state index in [-0.39, 0.29) is 0 Å². The summed E-state index contributed by atoms with van der Waals surface area (Å²) in [5.74, 6) is 0.898. The van der Waals surface area contributed by atoms with Crippen LogP contribution in [-0.2, 0) is 0 Å². The second-order valence-electron chi connectivity index (χ2n) is 5.56. The molecule has 97 valence electrons. The van der Waals surface area contributed by atoms with E-state index in [0.717, 1.165) is 5.92 Å². The van der Waals surface area contributed by atoms with Gasteiger partial charge in [-0.2, -0.15) is 0 Å². The maximum absolute atomic E-state index is 2.33. The summed E-state index contributed by atoms with van der Waals surface area (Å²) in [7, 11) is 0. The van der Waals surface area contributed by atoms with Crippen molar-refractivity contribution in [2.24, 2.45) is 5.92 Å². The fourth-order valence-corrected chi connectivity index (χ4v) is 2.14. The average Bonchev–Trinajstić information content (AvgIpc) is 2.25. The summed E-state index contributed by atoms with van der Waals surface area (Å²) >= 11 is 0. The Morgan fingerprint density at radius 3 is 1.56 bits per heavy atom. The highest BCUT2D eigenvalue weighted by molar-refractivity contribution is 4.55. The van der Waals surface area contributed by atoms with E-state index in [1.54, 1.807) is 0 Å². The normalized spacial score (nSPS) is 11.2. The molecule has 0 spiro atoms. The summed E-state index contributed by atoms with van der Waals surface area (Å²) < 4.78 is 0. The van der Waals surface area contributed by atoms with Crippen LogP contribution in [0.2, 0.25) is 0 Å². The Hall–Kier alpha value is 0. The van der Waals surface area contributed by atoms with Crippen molar-refractivity contribution in [3.63, 3.8) is 0 Å². The van der Waals surface area contributed by atoms with Crippen LogP contribution in [0.4, 0.5) is 0 Å². The van der Waals surface area contributed by atoms with E-state index in [0.29, 0.717) is 0 Å². The molecular weight excluding hydrogens is 192 g/mol. The van der Waals surface area contributed by atoms with Gasteiger partial charge in [-0.3, -0.25) is 0 Å². The third kappa shape index (κ3) is 14.0. The van der Waals surface area contributed by atoms with Gasteiger partial charge in [0.15, 0.2) is 0 Å². The van der Waals surface area contributed by atoms with Crippen LogP contribution in [0.3, 0.4) is 0 Å². The number of unbranched alkanes of at least 4 members (excludes halogenated alkanes) is 10. The summed E-state index contributed by atoms with van der Waals surface area (Å²) in [6.45, 7) is 6.82. The lowest BCUT2D eigenvalue weighted by Gasteiger charge is -2.04. The Balaban J connectivity index is 2.88. The first-order valence-corrected chi connectivity index (χ1v) is 7.55. The summed E-state index contributed by atoms with van der Waals surface area (Å²) in [5.41, 5.74) is 0. The minimum Gasteiger partial charge on any atom is -0.0628 e. The maximum atomic E-state index is 2.33. The van der Waals surface area contributed by atoms with Crippen molar-refractivity contribution in [2.45, 2.75) is 91.4 Å². The van der Waals surface area contributed by atoms with Gasteiger partial charge in [0.25, 0.3) is 0 Å². The molecule has 1 radical (unpaired) electrons. The van der Waals surface area contributed by atoms with E-state index in [9.17, 15) is 0 Å². The number of hydrogen-bond donors (Lipinski definition) is 0. The summed E-state index contributed by atoms with van der Waals surface area (Å²) in [5, 5.41) is 0. The van der Waals surface area contributed by atoms with E-state index < -0.39 is 0 Å². The molecule has 0 aromatic heterocycles. The average molecular weight is 225 g/mol. The van der Waals surface area contributed by atoms with E-state index >= 15 is 0 Å². The number of hydrogen-bond acceptors (Lipinski definition) is 0. The van der Waals surface area contributed by atoms with E-state index in [4.69, 9.17) is 0 Å². The highest BCUT2D eigenvalue weighted by Gasteiger charge is 1.95. The monoisotopic (exact) mass is 225 g/mol. The zero-order valence-corrected chi connectivity index (χ0v) is 11.9. The quantitative estimate of drug-likeness (QED) is 0.349. The lowest BCUT2D eigenvalue weighted by atomic mass is 10.0. The van der Waals surface area contributed by atoms with Gasteiger partial charge in [-0.15, -0.1) is 0 Å². The SMILES string of the molecule is C[CH]CCCCCCCCCCCC(C)C. The molecule has 0 rings (SSSR count). The summed E-state index contributed by atoms with van der Waals surface area (Å²) in [6.07, 6.45) is 18.1. The Morgan fingerprint density at radius 2 is 1.12 bits per heavy atom. The fourth-order valence-electron chi connectivity index (χ4n) is 2.14. The van der Waals surface area contributed by atoms with Gasteiger partial charge in [-0.05, 0) is 12.3 Å². The van der Waals surface area contributed by atoms with Gasteiger partial charge in [0.1, 0.15) is 0 Å². The highest BCUT2D eigenvalue weighted by atomic mass is 14.0. The Morgan fingerprint density at radius 1 is 0.688 bits per heavy atom. The molecule has 0 fully saturated rings. The molecule has 0 heteroatoms. The molecule has 0 aliphatic rings. The molecule has 0 bridgehead atoms. The lowest BCUT2D eigenvalue weighted by Crippen LogP contribution is -1.87. The molecule has 0 heterocycles. The van der Waals surface area contributed by atoms with Gasteiger partial charge in [0.05, 0.1) is 0 Å². The van der Waals surface area contributed by atoms with Crippen LogP contribution in [0.5, 0.6) is 0 Å². The van der Waals surface area contributed by atoms with E-state index in [1.807, 2.05) is 0 Å². The van der Waals surface area contributed by atoms with Gasteiger partial charge < -0.3 is 0 Å². The van der Waals surface area contributed by atoms with Crippen molar-refractivity contribution in [3.8, 4) is 0 Å². The first-order chi connectivity index (χ1) is 7.77. The van der Waals surface area contributed by atoms with E-state index in [2.05, 4.69) is 27.2 Å². The predicted molar refractivity (Wildman–Crippen MR) is 75.6 cm³/mol. The smallest absolute Gasteiger partial charge is 0.0417 e. The molecule has 0 aromatic rings. The molecule has 0 aliphatic heterocycles. The molecule has 0 unspecified atom stereocenters. The zero-order valence-electron chi connectivity index (χ0n) is 11.9. The predicted octanol–water partition coefficient (Wildman–Crippen LogP) is 6.16.